The third-order valence-electron chi connectivity index (χ3n) is 3.32. The number of amides is 2. The van der Waals surface area contributed by atoms with E-state index in [4.69, 9.17) is 5.11 Å². The number of nitrogens with zero attached hydrogens (tertiary/aromatic N) is 1. The van der Waals surface area contributed by atoms with Crippen molar-refractivity contribution in [3.05, 3.63) is 16.1 Å². The van der Waals surface area contributed by atoms with Crippen molar-refractivity contribution < 1.29 is 14.7 Å². The lowest BCUT2D eigenvalue weighted by Gasteiger charge is -2.38. The average Bonchev–Trinajstić information content (AvgIpc) is 2.69. The Morgan fingerprint density at radius 2 is 2.21 bits per heavy atom. The number of urea groups is 1. The maximum atomic E-state index is 11.8. The monoisotopic (exact) mass is 283 g/mol. The molecule has 1 atom stereocenters. The van der Waals surface area contributed by atoms with E-state index in [9.17, 15) is 9.59 Å². The summed E-state index contributed by atoms with van der Waals surface area (Å²) in [6, 6.07) is -0.688. The van der Waals surface area contributed by atoms with E-state index in [1.807, 2.05) is 19.2 Å². The Bertz CT molecular complexity index is 496. The summed E-state index contributed by atoms with van der Waals surface area (Å²) in [6.45, 7) is 3.71. The summed E-state index contributed by atoms with van der Waals surface area (Å²) >= 11 is 1.47. The largest absolute Gasteiger partial charge is 0.480 e. The van der Waals surface area contributed by atoms with Crippen LogP contribution in [-0.2, 0) is 4.79 Å². The Morgan fingerprint density at radius 3 is 2.63 bits per heavy atom. The summed E-state index contributed by atoms with van der Waals surface area (Å²) in [5, 5.41) is 17.1. The number of carbonyl (C=O) groups is 2. The van der Waals surface area contributed by atoms with Crippen LogP contribution in [0, 0.1) is 6.92 Å². The fourth-order valence-corrected chi connectivity index (χ4v) is 2.81. The summed E-state index contributed by atoms with van der Waals surface area (Å²) < 4.78 is 0. The zero-order valence-corrected chi connectivity index (χ0v) is 11.7. The van der Waals surface area contributed by atoms with Crippen LogP contribution >= 0.6 is 11.3 Å². The molecule has 1 fully saturated rings. The Morgan fingerprint density at radius 1 is 1.53 bits per heavy atom. The highest BCUT2D eigenvalue weighted by molar-refractivity contribution is 7.09. The normalized spacial score (nSPS) is 18.2. The number of nitrogens with one attached hydrogen (secondary N) is 2. The van der Waals surface area contributed by atoms with Gasteiger partial charge in [-0.2, -0.15) is 0 Å². The summed E-state index contributed by atoms with van der Waals surface area (Å²) in [5.41, 5.74) is -0.169. The molecule has 1 aliphatic rings. The van der Waals surface area contributed by atoms with Crippen molar-refractivity contribution in [2.24, 2.45) is 0 Å². The smallest absolute Gasteiger partial charge is 0.329 e. The molecule has 0 bridgehead atoms. The van der Waals surface area contributed by atoms with Gasteiger partial charge in [-0.15, -0.1) is 11.3 Å². The number of aliphatic carboxylic acids is 1. The first-order valence-corrected chi connectivity index (χ1v) is 7.05. The molecule has 1 saturated carbocycles. The number of carboxylic acid groups (broad SMARTS) is 1. The Hall–Kier alpha value is -1.63. The molecule has 7 heteroatoms. The van der Waals surface area contributed by atoms with Gasteiger partial charge in [0, 0.05) is 11.1 Å². The van der Waals surface area contributed by atoms with Crippen LogP contribution in [0.3, 0.4) is 0 Å². The fourth-order valence-electron chi connectivity index (χ4n) is 2.01. The third-order valence-corrected chi connectivity index (χ3v) is 4.47. The number of hydrogen-bond acceptors (Lipinski definition) is 4. The first-order chi connectivity index (χ1) is 8.93. The second-order valence-corrected chi connectivity index (χ2v) is 5.78. The Kier molecular flexibility index (Phi) is 3.75. The zero-order valence-electron chi connectivity index (χ0n) is 10.9. The van der Waals surface area contributed by atoms with Crippen LogP contribution in [0.2, 0.25) is 0 Å². The molecular formula is C12H17N3O3S. The van der Waals surface area contributed by atoms with Crippen LogP contribution < -0.4 is 10.6 Å². The number of aryl methyl sites for hydroxylation is 1. The molecule has 0 radical (unpaired) electrons. The number of aromatic nitrogens is 1. The van der Waals surface area contributed by atoms with Gasteiger partial charge in [-0.3, -0.25) is 0 Å². The molecule has 6 nitrogen and oxygen atoms in total. The molecule has 2 amide bonds. The number of hydrogen-bond donors (Lipinski definition) is 3. The molecule has 1 aromatic heterocycles. The van der Waals surface area contributed by atoms with E-state index in [2.05, 4.69) is 15.6 Å². The van der Waals surface area contributed by atoms with Gasteiger partial charge < -0.3 is 15.7 Å². The number of rotatable bonds is 4. The second-order valence-electron chi connectivity index (χ2n) is 4.89. The van der Waals surface area contributed by atoms with Crippen LogP contribution in [0.15, 0.2) is 5.38 Å². The van der Waals surface area contributed by atoms with Crippen molar-refractivity contribution >= 4 is 23.3 Å². The topological polar surface area (TPSA) is 91.3 Å². The minimum atomic E-state index is -1.08. The molecular weight excluding hydrogens is 266 g/mol. The third kappa shape index (κ3) is 2.86. The molecule has 1 unspecified atom stereocenters. The molecule has 19 heavy (non-hydrogen) atoms. The summed E-state index contributed by atoms with van der Waals surface area (Å²) in [4.78, 5) is 27.3. The maximum absolute atomic E-state index is 11.8. The van der Waals surface area contributed by atoms with E-state index in [0.29, 0.717) is 12.8 Å². The fraction of sp³-hybridized carbons (Fsp3) is 0.583. The second kappa shape index (κ2) is 5.16. The molecule has 0 spiro atoms. The first kappa shape index (κ1) is 13.8. The van der Waals surface area contributed by atoms with E-state index in [-0.39, 0.29) is 6.04 Å². The van der Waals surface area contributed by atoms with Gasteiger partial charge in [0.15, 0.2) is 0 Å². The minimum absolute atomic E-state index is 0.232. The van der Waals surface area contributed by atoms with Crippen molar-refractivity contribution in [1.29, 1.82) is 0 Å². The van der Waals surface area contributed by atoms with Crippen LogP contribution in [0.1, 0.15) is 42.9 Å². The summed E-state index contributed by atoms with van der Waals surface area (Å²) in [7, 11) is 0. The van der Waals surface area contributed by atoms with E-state index in [1.54, 1.807) is 0 Å². The Labute approximate surface area is 115 Å². The minimum Gasteiger partial charge on any atom is -0.480 e. The van der Waals surface area contributed by atoms with E-state index in [0.717, 1.165) is 17.1 Å². The number of carboxylic acids is 1. The van der Waals surface area contributed by atoms with Crippen molar-refractivity contribution in [3.8, 4) is 0 Å². The highest BCUT2D eigenvalue weighted by Gasteiger charge is 2.45. The maximum Gasteiger partial charge on any atom is 0.329 e. The lowest BCUT2D eigenvalue weighted by atomic mass is 9.77. The van der Waals surface area contributed by atoms with Crippen LogP contribution in [-0.4, -0.2) is 27.6 Å². The standard InChI is InChI=1S/C12H17N3O3S/c1-7-6-19-9(13-7)8(2)14-11(18)15-12(10(16)17)4-3-5-12/h6,8H,3-5H2,1-2H3,(H,16,17)(H2,14,15,18). The average molecular weight is 283 g/mol. The van der Waals surface area contributed by atoms with Gasteiger partial charge >= 0.3 is 12.0 Å². The van der Waals surface area contributed by atoms with E-state index < -0.39 is 17.5 Å². The molecule has 0 aliphatic heterocycles. The van der Waals surface area contributed by atoms with E-state index >= 15 is 0 Å². The predicted octanol–water partition coefficient (Wildman–Crippen LogP) is 1.82. The lowest BCUT2D eigenvalue weighted by molar-refractivity contribution is -0.148. The van der Waals surface area contributed by atoms with Crippen LogP contribution in [0.5, 0.6) is 0 Å². The van der Waals surface area contributed by atoms with Gasteiger partial charge in [0.2, 0.25) is 0 Å². The molecule has 3 N–H and O–H groups in total. The summed E-state index contributed by atoms with van der Waals surface area (Å²) in [6.07, 6.45) is 1.80. The zero-order chi connectivity index (χ0) is 14.0. The van der Waals surface area contributed by atoms with Gasteiger partial charge in [-0.25, -0.2) is 14.6 Å². The molecule has 1 aliphatic carbocycles. The van der Waals surface area contributed by atoms with Crippen molar-refractivity contribution in [1.82, 2.24) is 15.6 Å². The van der Waals surface area contributed by atoms with Gasteiger partial charge in [-0.05, 0) is 33.1 Å². The number of thiazole rings is 1. The summed E-state index contributed by atoms with van der Waals surface area (Å²) in [5.74, 6) is -0.966. The molecule has 0 aromatic carbocycles. The number of carbonyl (C=O) groups excluding carboxylic acids is 1. The lowest BCUT2D eigenvalue weighted by Crippen LogP contribution is -2.61. The molecule has 1 aromatic rings. The molecule has 2 rings (SSSR count). The van der Waals surface area contributed by atoms with E-state index in [1.165, 1.54) is 11.3 Å². The van der Waals surface area contributed by atoms with Gasteiger partial charge in [0.25, 0.3) is 0 Å². The molecule has 0 saturated heterocycles. The van der Waals surface area contributed by atoms with Crippen LogP contribution in [0.25, 0.3) is 0 Å². The van der Waals surface area contributed by atoms with Gasteiger partial charge in [-0.1, -0.05) is 0 Å². The SMILES string of the molecule is Cc1csc(C(C)NC(=O)NC2(C(=O)O)CCC2)n1. The van der Waals surface area contributed by atoms with Gasteiger partial charge in [0.1, 0.15) is 10.5 Å². The highest BCUT2D eigenvalue weighted by atomic mass is 32.1. The van der Waals surface area contributed by atoms with Gasteiger partial charge in [0.05, 0.1) is 6.04 Å². The quantitative estimate of drug-likeness (QED) is 0.786. The Balaban J connectivity index is 1.92. The molecule has 1 heterocycles. The molecule has 104 valence electrons. The van der Waals surface area contributed by atoms with Crippen LogP contribution in [0.4, 0.5) is 4.79 Å². The first-order valence-electron chi connectivity index (χ1n) is 6.17. The van der Waals surface area contributed by atoms with Crippen molar-refractivity contribution in [2.45, 2.75) is 44.7 Å². The van der Waals surface area contributed by atoms with Crippen molar-refractivity contribution in [2.75, 3.05) is 0 Å². The predicted molar refractivity (Wildman–Crippen MR) is 71.2 cm³/mol. The highest BCUT2D eigenvalue weighted by Crippen LogP contribution is 2.32. The van der Waals surface area contributed by atoms with Crippen molar-refractivity contribution in [3.63, 3.8) is 0 Å².